The molecule has 2 atom stereocenters. The lowest BCUT2D eigenvalue weighted by Gasteiger charge is -2.26. The molecule has 0 N–H and O–H groups in total. The van der Waals surface area contributed by atoms with Crippen molar-refractivity contribution in [3.63, 3.8) is 0 Å². The summed E-state index contributed by atoms with van der Waals surface area (Å²) >= 11 is 25.1. The molecule has 9 heteroatoms. The highest BCUT2D eigenvalue weighted by atomic mass is 32.3. The number of rotatable bonds is 9. The van der Waals surface area contributed by atoms with Gasteiger partial charge in [-0.05, 0) is 0 Å². The van der Waals surface area contributed by atoms with Gasteiger partial charge < -0.3 is 0 Å². The summed E-state index contributed by atoms with van der Waals surface area (Å²) in [7, 11) is 0. The van der Waals surface area contributed by atoms with Crippen LogP contribution < -0.4 is 0 Å². The molecule has 0 aromatic heterocycles. The van der Waals surface area contributed by atoms with Crippen LogP contribution in [0.3, 0.4) is 0 Å². The van der Waals surface area contributed by atoms with Gasteiger partial charge in [-0.3, -0.25) is 0 Å². The topological polar surface area (TPSA) is 0 Å². The fraction of sp³-hybridized carbons (Fsp3) is 1.00. The van der Waals surface area contributed by atoms with Crippen molar-refractivity contribution < 1.29 is 0 Å². The Morgan fingerprint density at radius 2 is 1.59 bits per heavy atom. The highest BCUT2D eigenvalue weighted by Gasteiger charge is 2.28. The van der Waals surface area contributed by atoms with Crippen molar-refractivity contribution in [2.45, 2.75) is 13.7 Å². The van der Waals surface area contributed by atoms with Crippen LogP contribution in [0.1, 0.15) is 0 Å². The zero-order valence-corrected chi connectivity index (χ0v) is 16.6. The maximum atomic E-state index is 4.37. The molecule has 0 aliphatic carbocycles. The minimum atomic E-state index is 0.568. The summed E-state index contributed by atoms with van der Waals surface area (Å²) in [5.74, 6) is 1.28. The number of thioether (sulfide) groups is 6. The van der Waals surface area contributed by atoms with Crippen LogP contribution in [0.2, 0.25) is 0 Å². The second kappa shape index (κ2) is 11.8. The molecule has 1 fully saturated rings. The molecular weight excluding hydrogens is 385 g/mol. The molecule has 17 heavy (non-hydrogen) atoms. The fourth-order valence-electron chi connectivity index (χ4n) is 1.15. The first-order valence-electron chi connectivity index (χ1n) is 4.84. The van der Waals surface area contributed by atoms with Gasteiger partial charge in [0.1, 0.15) is 0 Å². The molecule has 0 aromatic carbocycles. The van der Waals surface area contributed by atoms with Gasteiger partial charge >= 0.3 is 0 Å². The maximum absolute atomic E-state index is 4.37. The molecule has 1 heterocycles. The third kappa shape index (κ3) is 7.64. The second-order valence-corrected chi connectivity index (χ2v) is 13.3. The van der Waals surface area contributed by atoms with E-state index in [4.69, 9.17) is 0 Å². The van der Waals surface area contributed by atoms with Crippen LogP contribution in [0, 0.1) is 0 Å². The van der Waals surface area contributed by atoms with Gasteiger partial charge in [-0.1, -0.05) is 0 Å². The fourth-order valence-corrected chi connectivity index (χ4v) is 12.6. The largest absolute Gasteiger partial charge is 0.168 e. The lowest BCUT2D eigenvalue weighted by Crippen LogP contribution is -2.17. The summed E-state index contributed by atoms with van der Waals surface area (Å²) in [4.78, 5) is 0. The van der Waals surface area contributed by atoms with Crippen molar-refractivity contribution in [2.24, 2.45) is 0 Å². The Hall–Kier alpha value is 3.15. The molecule has 0 aromatic rings. The highest BCUT2D eigenvalue weighted by Crippen LogP contribution is 2.47. The van der Waals surface area contributed by atoms with Crippen LogP contribution in [0.4, 0.5) is 0 Å². The first-order chi connectivity index (χ1) is 8.31. The summed E-state index contributed by atoms with van der Waals surface area (Å²) < 4.78 is 1.91. The molecular formula is C8H16S9. The molecule has 0 saturated carbocycles. The molecule has 1 aliphatic rings. The van der Waals surface area contributed by atoms with Crippen molar-refractivity contribution in [3.8, 4) is 0 Å². The standard InChI is InChI=1S/C8H16S9/c9-2-13-7(14-3-10)8(15-4-11)17-6-1-12-5-16-6/h6-11H,1-5H2. The number of hydrogen-bond donors (Lipinski definition) is 3. The molecule has 0 spiro atoms. The van der Waals surface area contributed by atoms with Crippen LogP contribution in [-0.4, -0.2) is 39.8 Å². The smallest absolute Gasteiger partial charge is 0.0732 e. The van der Waals surface area contributed by atoms with Gasteiger partial charge in [-0.25, -0.2) is 0 Å². The van der Waals surface area contributed by atoms with Crippen LogP contribution in [0.25, 0.3) is 0 Å². The molecule has 1 saturated heterocycles. The molecule has 0 bridgehead atoms. The van der Waals surface area contributed by atoms with Gasteiger partial charge in [0.15, 0.2) is 0 Å². The minimum absolute atomic E-state index is 0.568. The van der Waals surface area contributed by atoms with E-state index in [9.17, 15) is 0 Å². The van der Waals surface area contributed by atoms with E-state index in [1.54, 1.807) is 0 Å². The number of hydrogen-bond acceptors (Lipinski definition) is 9. The first-order valence-corrected chi connectivity index (χ1v) is 13.0. The summed E-state index contributed by atoms with van der Waals surface area (Å²) in [6, 6.07) is 0. The van der Waals surface area contributed by atoms with E-state index < -0.39 is 0 Å². The van der Waals surface area contributed by atoms with Crippen LogP contribution in [0.5, 0.6) is 0 Å². The Balaban J connectivity index is 2.46. The molecule has 2 unspecified atom stereocenters. The van der Waals surface area contributed by atoms with Crippen molar-refractivity contribution in [3.05, 3.63) is 0 Å². The van der Waals surface area contributed by atoms with Gasteiger partial charge in [-0.15, -0.1) is 70.6 Å². The van der Waals surface area contributed by atoms with E-state index in [0.717, 1.165) is 19.8 Å². The quantitative estimate of drug-likeness (QED) is 0.365. The third-order valence-corrected chi connectivity index (χ3v) is 12.1. The van der Waals surface area contributed by atoms with Crippen molar-refractivity contribution >= 4 is 108 Å². The van der Waals surface area contributed by atoms with E-state index in [2.05, 4.69) is 73.2 Å². The SMILES string of the molecule is SCSC(SCS)C(SCS)SC1CSCS1. The Morgan fingerprint density at radius 3 is 2.06 bits per heavy atom. The van der Waals surface area contributed by atoms with Gasteiger partial charge in [0.2, 0.25) is 0 Å². The Labute approximate surface area is 146 Å². The predicted octanol–water partition coefficient (Wildman–Crippen LogP) is 5.00. The van der Waals surface area contributed by atoms with Crippen molar-refractivity contribution in [2.75, 3.05) is 26.1 Å². The Bertz CT molecular complexity index is 178. The maximum Gasteiger partial charge on any atom is 0.0732 e. The molecule has 1 aliphatic heterocycles. The van der Waals surface area contributed by atoms with Crippen molar-refractivity contribution in [1.29, 1.82) is 0 Å². The van der Waals surface area contributed by atoms with Gasteiger partial charge in [-0.2, -0.15) is 37.9 Å². The summed E-state index contributed by atoms with van der Waals surface area (Å²) in [6.45, 7) is 0. The average Bonchev–Trinajstić information content (AvgIpc) is 2.81. The van der Waals surface area contributed by atoms with E-state index >= 15 is 0 Å². The van der Waals surface area contributed by atoms with Crippen molar-refractivity contribution in [1.82, 2.24) is 0 Å². The first kappa shape index (κ1) is 18.2. The number of thiol groups is 3. The van der Waals surface area contributed by atoms with E-state index in [0.29, 0.717) is 9.16 Å². The molecule has 0 radical (unpaired) electrons. The summed E-state index contributed by atoms with van der Waals surface area (Å²) in [6.07, 6.45) is 0. The van der Waals surface area contributed by atoms with Gasteiger partial charge in [0.05, 0.1) is 13.7 Å². The Kier molecular flexibility index (Phi) is 12.6. The predicted molar refractivity (Wildman–Crippen MR) is 108 cm³/mol. The van der Waals surface area contributed by atoms with E-state index in [1.165, 1.54) is 10.8 Å². The molecule has 0 nitrogen and oxygen atoms in total. The van der Waals surface area contributed by atoms with E-state index in [1.807, 2.05) is 35.3 Å². The normalized spacial score (nSPS) is 22.2. The van der Waals surface area contributed by atoms with Crippen LogP contribution >= 0.6 is 108 Å². The minimum Gasteiger partial charge on any atom is -0.168 e. The zero-order valence-electron chi connectivity index (χ0n) is 9.06. The van der Waals surface area contributed by atoms with Crippen LogP contribution in [0.15, 0.2) is 0 Å². The lowest BCUT2D eigenvalue weighted by molar-refractivity contribution is 1.33. The zero-order chi connectivity index (χ0) is 12.5. The third-order valence-electron chi connectivity index (χ3n) is 1.82. The van der Waals surface area contributed by atoms with E-state index in [-0.39, 0.29) is 0 Å². The monoisotopic (exact) mass is 400 g/mol. The molecule has 1 rings (SSSR count). The molecule has 102 valence electrons. The van der Waals surface area contributed by atoms with Gasteiger partial charge in [0.25, 0.3) is 0 Å². The Morgan fingerprint density at radius 1 is 1.00 bits per heavy atom. The molecule has 0 amide bonds. The second-order valence-electron chi connectivity index (χ2n) is 2.85. The summed E-state index contributed by atoms with van der Waals surface area (Å²) in [5, 5.41) is 3.89. The summed E-state index contributed by atoms with van der Waals surface area (Å²) in [5.41, 5.74) is 0. The van der Waals surface area contributed by atoms with Gasteiger partial charge in [0, 0.05) is 26.1 Å². The lowest BCUT2D eigenvalue weighted by atomic mass is 10.9. The highest BCUT2D eigenvalue weighted by molar-refractivity contribution is 8.32. The van der Waals surface area contributed by atoms with Crippen LogP contribution in [-0.2, 0) is 0 Å². The average molecular weight is 401 g/mol.